The van der Waals surface area contributed by atoms with E-state index in [1.165, 1.54) is 0 Å². The van der Waals surface area contributed by atoms with E-state index in [0.29, 0.717) is 6.61 Å². The Kier molecular flexibility index (Phi) is 5.16. The van der Waals surface area contributed by atoms with Crippen LogP contribution in [0.2, 0.25) is 0 Å². The molecule has 0 fully saturated rings. The summed E-state index contributed by atoms with van der Waals surface area (Å²) in [6, 6.07) is 3.72. The van der Waals surface area contributed by atoms with Gasteiger partial charge in [0.25, 0.3) is 0 Å². The molecule has 0 aromatic heterocycles. The van der Waals surface area contributed by atoms with E-state index >= 15 is 0 Å². The number of rotatable bonds is 6. The van der Waals surface area contributed by atoms with Crippen LogP contribution in [0.4, 0.5) is 0 Å². The second-order valence-corrected chi connectivity index (χ2v) is 4.33. The molecule has 0 unspecified atom stereocenters. The van der Waals surface area contributed by atoms with E-state index in [0.717, 1.165) is 22.4 Å². The SMILES string of the molecule is CCOc1cc(C)c([C@@H](O)CCC(=O)[O-])cc1C. The van der Waals surface area contributed by atoms with Crippen LogP contribution >= 0.6 is 0 Å². The van der Waals surface area contributed by atoms with Gasteiger partial charge in [-0.05, 0) is 62.4 Å². The molecule has 0 radical (unpaired) electrons. The summed E-state index contributed by atoms with van der Waals surface area (Å²) in [5.74, 6) is -0.347. The van der Waals surface area contributed by atoms with Crippen molar-refractivity contribution < 1.29 is 19.7 Å². The molecule has 1 aromatic carbocycles. The minimum Gasteiger partial charge on any atom is -0.550 e. The van der Waals surface area contributed by atoms with Gasteiger partial charge in [-0.1, -0.05) is 0 Å². The van der Waals surface area contributed by atoms with Crippen molar-refractivity contribution in [2.24, 2.45) is 0 Å². The number of carbonyl (C=O) groups excluding carboxylic acids is 1. The van der Waals surface area contributed by atoms with Crippen LogP contribution in [0.25, 0.3) is 0 Å². The fourth-order valence-corrected chi connectivity index (χ4v) is 1.89. The van der Waals surface area contributed by atoms with Gasteiger partial charge < -0.3 is 19.7 Å². The Morgan fingerprint density at radius 2 is 2.06 bits per heavy atom. The monoisotopic (exact) mass is 251 g/mol. The summed E-state index contributed by atoms with van der Waals surface area (Å²) >= 11 is 0. The predicted octanol–water partition coefficient (Wildman–Crippen LogP) is 1.27. The molecule has 0 aliphatic heterocycles. The van der Waals surface area contributed by atoms with E-state index < -0.39 is 12.1 Å². The van der Waals surface area contributed by atoms with Gasteiger partial charge in [0.15, 0.2) is 0 Å². The Balaban J connectivity index is 2.89. The number of carboxylic acids is 1. The molecule has 100 valence electrons. The number of aliphatic hydroxyl groups is 1. The number of ether oxygens (including phenoxy) is 1. The summed E-state index contributed by atoms with van der Waals surface area (Å²) < 4.78 is 5.46. The highest BCUT2D eigenvalue weighted by Gasteiger charge is 2.13. The average molecular weight is 251 g/mol. The average Bonchev–Trinajstić information content (AvgIpc) is 2.30. The lowest BCUT2D eigenvalue weighted by atomic mass is 9.97. The summed E-state index contributed by atoms with van der Waals surface area (Å²) in [7, 11) is 0. The van der Waals surface area contributed by atoms with Gasteiger partial charge in [-0.2, -0.15) is 0 Å². The van der Waals surface area contributed by atoms with Crippen molar-refractivity contribution in [1.82, 2.24) is 0 Å². The maximum absolute atomic E-state index is 10.4. The molecule has 0 heterocycles. The third-order valence-electron chi connectivity index (χ3n) is 2.84. The van der Waals surface area contributed by atoms with Crippen molar-refractivity contribution in [3.63, 3.8) is 0 Å². The molecule has 4 heteroatoms. The largest absolute Gasteiger partial charge is 0.550 e. The topological polar surface area (TPSA) is 69.6 Å². The van der Waals surface area contributed by atoms with Gasteiger partial charge in [-0.3, -0.25) is 0 Å². The first kappa shape index (κ1) is 14.5. The maximum Gasteiger partial charge on any atom is 0.122 e. The lowest BCUT2D eigenvalue weighted by Crippen LogP contribution is -2.22. The molecular formula is C14H19O4-. The Morgan fingerprint density at radius 3 is 2.61 bits per heavy atom. The van der Waals surface area contributed by atoms with Crippen LogP contribution in [0, 0.1) is 13.8 Å². The molecule has 1 atom stereocenters. The standard InChI is InChI=1S/C14H20O4/c1-4-18-13-8-9(2)11(7-10(13)3)12(15)5-6-14(16)17/h7-8,12,15H,4-6H2,1-3H3,(H,16,17)/p-1/t12-/m0/s1. The van der Waals surface area contributed by atoms with Gasteiger partial charge in [0.2, 0.25) is 0 Å². The van der Waals surface area contributed by atoms with E-state index in [1.807, 2.05) is 32.9 Å². The highest BCUT2D eigenvalue weighted by molar-refractivity contribution is 5.64. The van der Waals surface area contributed by atoms with Crippen LogP contribution in [0.15, 0.2) is 12.1 Å². The number of carbonyl (C=O) groups is 1. The fourth-order valence-electron chi connectivity index (χ4n) is 1.89. The zero-order valence-electron chi connectivity index (χ0n) is 11.0. The Morgan fingerprint density at radius 1 is 1.39 bits per heavy atom. The number of benzene rings is 1. The number of aliphatic hydroxyl groups excluding tert-OH is 1. The van der Waals surface area contributed by atoms with E-state index in [-0.39, 0.29) is 12.8 Å². The van der Waals surface area contributed by atoms with Gasteiger partial charge >= 0.3 is 0 Å². The summed E-state index contributed by atoms with van der Waals surface area (Å²) in [5, 5.41) is 20.3. The molecule has 1 N–H and O–H groups in total. The Hall–Kier alpha value is -1.55. The fraction of sp³-hybridized carbons (Fsp3) is 0.500. The van der Waals surface area contributed by atoms with Crippen LogP contribution in [-0.4, -0.2) is 17.7 Å². The van der Waals surface area contributed by atoms with Gasteiger partial charge in [-0.15, -0.1) is 0 Å². The molecule has 1 aromatic rings. The van der Waals surface area contributed by atoms with E-state index in [4.69, 9.17) is 4.74 Å². The van der Waals surface area contributed by atoms with Gasteiger partial charge in [0.05, 0.1) is 12.7 Å². The molecule has 4 nitrogen and oxygen atoms in total. The van der Waals surface area contributed by atoms with E-state index in [1.54, 1.807) is 0 Å². The van der Waals surface area contributed by atoms with E-state index in [2.05, 4.69) is 0 Å². The summed E-state index contributed by atoms with van der Waals surface area (Å²) in [6.45, 7) is 6.28. The quantitative estimate of drug-likeness (QED) is 0.826. The Bertz CT molecular complexity index is 426. The number of hydrogen-bond donors (Lipinski definition) is 1. The first-order valence-corrected chi connectivity index (χ1v) is 6.07. The van der Waals surface area contributed by atoms with Crippen molar-refractivity contribution in [2.45, 2.75) is 39.7 Å². The van der Waals surface area contributed by atoms with Crippen LogP contribution < -0.4 is 9.84 Å². The number of aliphatic carboxylic acids is 1. The molecule has 0 bridgehead atoms. The zero-order valence-corrected chi connectivity index (χ0v) is 11.0. The molecule has 0 aliphatic rings. The smallest absolute Gasteiger partial charge is 0.122 e. The highest BCUT2D eigenvalue weighted by atomic mass is 16.5. The zero-order chi connectivity index (χ0) is 13.7. The van der Waals surface area contributed by atoms with Gasteiger partial charge in [-0.25, -0.2) is 0 Å². The molecule has 0 amide bonds. The van der Waals surface area contributed by atoms with Crippen molar-refractivity contribution in [1.29, 1.82) is 0 Å². The lowest BCUT2D eigenvalue weighted by molar-refractivity contribution is -0.306. The summed E-state index contributed by atoms with van der Waals surface area (Å²) in [5.41, 5.74) is 2.58. The minimum atomic E-state index is -1.14. The number of carboxylic acid groups (broad SMARTS) is 1. The molecule has 0 saturated heterocycles. The first-order valence-electron chi connectivity index (χ1n) is 6.07. The second-order valence-electron chi connectivity index (χ2n) is 4.33. The van der Waals surface area contributed by atoms with Crippen LogP contribution in [0.1, 0.15) is 42.6 Å². The molecular weight excluding hydrogens is 232 g/mol. The summed E-state index contributed by atoms with van der Waals surface area (Å²) in [4.78, 5) is 10.4. The van der Waals surface area contributed by atoms with Crippen LogP contribution in [-0.2, 0) is 4.79 Å². The highest BCUT2D eigenvalue weighted by Crippen LogP contribution is 2.28. The van der Waals surface area contributed by atoms with Crippen LogP contribution in [0.5, 0.6) is 5.75 Å². The molecule has 0 spiro atoms. The molecule has 0 aliphatic carbocycles. The third kappa shape index (κ3) is 3.74. The summed E-state index contributed by atoms with van der Waals surface area (Å²) in [6.07, 6.45) is -0.763. The molecule has 0 saturated carbocycles. The predicted molar refractivity (Wildman–Crippen MR) is 66.3 cm³/mol. The number of hydrogen-bond acceptors (Lipinski definition) is 4. The third-order valence-corrected chi connectivity index (χ3v) is 2.84. The van der Waals surface area contributed by atoms with E-state index in [9.17, 15) is 15.0 Å². The number of aryl methyl sites for hydroxylation is 2. The second kappa shape index (κ2) is 6.40. The van der Waals surface area contributed by atoms with Gasteiger partial charge in [0.1, 0.15) is 5.75 Å². The van der Waals surface area contributed by atoms with Gasteiger partial charge in [0, 0.05) is 5.97 Å². The molecule has 18 heavy (non-hydrogen) atoms. The maximum atomic E-state index is 10.4. The minimum absolute atomic E-state index is 0.146. The van der Waals surface area contributed by atoms with Crippen molar-refractivity contribution in [3.8, 4) is 5.75 Å². The normalized spacial score (nSPS) is 12.2. The van der Waals surface area contributed by atoms with Crippen molar-refractivity contribution in [3.05, 3.63) is 28.8 Å². The lowest BCUT2D eigenvalue weighted by Gasteiger charge is -2.17. The Labute approximate surface area is 107 Å². The van der Waals surface area contributed by atoms with Crippen molar-refractivity contribution >= 4 is 5.97 Å². The van der Waals surface area contributed by atoms with Crippen molar-refractivity contribution in [2.75, 3.05) is 6.61 Å². The molecule has 1 rings (SSSR count). The first-order chi connectivity index (χ1) is 8.45. The van der Waals surface area contributed by atoms with Crippen LogP contribution in [0.3, 0.4) is 0 Å².